The number of carbonyl (C=O) groups is 2. The maximum Gasteiger partial charge on any atom is 0.240 e. The highest BCUT2D eigenvalue weighted by Crippen LogP contribution is 2.25. The molecule has 0 saturated carbocycles. The molecule has 2 amide bonds. The van der Waals surface area contributed by atoms with Crippen LogP contribution in [0.2, 0.25) is 0 Å². The fourth-order valence-electron chi connectivity index (χ4n) is 2.72. The van der Waals surface area contributed by atoms with Crippen molar-refractivity contribution in [2.45, 2.75) is 39.5 Å². The molecule has 0 heterocycles. The molecule has 0 saturated heterocycles. The van der Waals surface area contributed by atoms with E-state index in [1.165, 1.54) is 29.5 Å². The molecule has 1 N–H and O–H groups in total. The van der Waals surface area contributed by atoms with Crippen LogP contribution in [-0.4, -0.2) is 24.9 Å². The van der Waals surface area contributed by atoms with Gasteiger partial charge in [0, 0.05) is 19.2 Å². The summed E-state index contributed by atoms with van der Waals surface area (Å²) in [5, 5.41) is 2.81. The minimum atomic E-state index is -0.280. The van der Waals surface area contributed by atoms with Crippen molar-refractivity contribution in [1.82, 2.24) is 5.32 Å². The van der Waals surface area contributed by atoms with Gasteiger partial charge < -0.3 is 10.2 Å². The van der Waals surface area contributed by atoms with Crippen molar-refractivity contribution in [2.75, 3.05) is 18.0 Å². The molecule has 27 heavy (non-hydrogen) atoms. The van der Waals surface area contributed by atoms with Gasteiger partial charge in [-0.15, -0.1) is 0 Å². The minimum absolute atomic E-state index is 0.0251. The van der Waals surface area contributed by atoms with Crippen LogP contribution in [0.1, 0.15) is 38.8 Å². The van der Waals surface area contributed by atoms with Gasteiger partial charge in [-0.3, -0.25) is 9.59 Å². The van der Waals surface area contributed by atoms with E-state index >= 15 is 0 Å². The monoisotopic (exact) mass is 370 g/mol. The van der Waals surface area contributed by atoms with Crippen molar-refractivity contribution in [1.29, 1.82) is 0 Å². The Morgan fingerprint density at radius 2 is 1.59 bits per heavy atom. The van der Waals surface area contributed by atoms with Gasteiger partial charge in [0.25, 0.3) is 0 Å². The zero-order valence-corrected chi connectivity index (χ0v) is 16.4. The first-order valence-corrected chi connectivity index (χ1v) is 9.06. The molecule has 4 nitrogen and oxygen atoms in total. The van der Waals surface area contributed by atoms with Crippen LogP contribution in [0.3, 0.4) is 0 Å². The zero-order chi connectivity index (χ0) is 20.0. The molecule has 0 spiro atoms. The van der Waals surface area contributed by atoms with Crippen molar-refractivity contribution in [3.8, 4) is 0 Å². The Morgan fingerprint density at radius 3 is 2.11 bits per heavy atom. The Balaban J connectivity index is 1.93. The average molecular weight is 370 g/mol. The maximum absolute atomic E-state index is 12.9. The molecule has 0 bridgehead atoms. The van der Waals surface area contributed by atoms with Crippen LogP contribution >= 0.6 is 0 Å². The lowest BCUT2D eigenvalue weighted by molar-refractivity contribution is -0.123. The van der Waals surface area contributed by atoms with Crippen LogP contribution in [0.5, 0.6) is 0 Å². The van der Waals surface area contributed by atoms with Crippen molar-refractivity contribution >= 4 is 17.5 Å². The fraction of sp³-hybridized carbons (Fsp3) is 0.364. The summed E-state index contributed by atoms with van der Waals surface area (Å²) in [5.74, 6) is -0.697. The number of benzene rings is 2. The molecule has 2 aromatic carbocycles. The highest BCUT2D eigenvalue weighted by molar-refractivity contribution is 5.97. The molecule has 0 radical (unpaired) electrons. The quantitative estimate of drug-likeness (QED) is 0.840. The number of nitrogens with zero attached hydrogens (tertiary/aromatic N) is 1. The topological polar surface area (TPSA) is 49.4 Å². The van der Waals surface area contributed by atoms with E-state index < -0.39 is 0 Å². The van der Waals surface area contributed by atoms with E-state index in [9.17, 15) is 14.0 Å². The molecule has 2 aromatic rings. The predicted molar refractivity (Wildman–Crippen MR) is 106 cm³/mol. The lowest BCUT2D eigenvalue weighted by Gasteiger charge is -2.23. The van der Waals surface area contributed by atoms with Crippen LogP contribution < -0.4 is 10.2 Å². The summed E-state index contributed by atoms with van der Waals surface area (Å²) < 4.78 is 12.9. The molecular formula is C22H27FN2O2. The number of nitrogens with one attached hydrogen (secondary N) is 1. The van der Waals surface area contributed by atoms with E-state index in [4.69, 9.17) is 0 Å². The Labute approximate surface area is 160 Å². The van der Waals surface area contributed by atoms with Crippen LogP contribution in [0, 0.1) is 5.82 Å². The van der Waals surface area contributed by atoms with Crippen molar-refractivity contribution in [3.63, 3.8) is 0 Å². The lowest BCUT2D eigenvalue weighted by Crippen LogP contribution is -2.40. The summed E-state index contributed by atoms with van der Waals surface area (Å²) in [6.45, 7) is 8.22. The van der Waals surface area contributed by atoms with Crippen molar-refractivity contribution in [3.05, 3.63) is 65.5 Å². The third-order valence-corrected chi connectivity index (χ3v) is 4.38. The molecule has 0 fully saturated rings. The fourth-order valence-corrected chi connectivity index (χ4v) is 2.72. The normalized spacial score (nSPS) is 11.1. The highest BCUT2D eigenvalue weighted by atomic mass is 19.1. The Bertz CT molecular complexity index is 777. The second-order valence-corrected chi connectivity index (χ2v) is 7.63. The minimum Gasteiger partial charge on any atom is -0.354 e. The van der Waals surface area contributed by atoms with Gasteiger partial charge in [0.1, 0.15) is 12.4 Å². The molecular weight excluding hydrogens is 343 g/mol. The van der Waals surface area contributed by atoms with Gasteiger partial charge in [0.2, 0.25) is 11.8 Å². The predicted octanol–water partition coefficient (Wildman–Crippen LogP) is 3.84. The summed E-state index contributed by atoms with van der Waals surface area (Å²) in [6, 6.07) is 13.9. The summed E-state index contributed by atoms with van der Waals surface area (Å²) in [6.07, 6.45) is 0.604. The first kappa shape index (κ1) is 20.6. The molecule has 0 aliphatic heterocycles. The number of halogens is 1. The van der Waals surface area contributed by atoms with Crippen molar-refractivity contribution in [2.24, 2.45) is 0 Å². The maximum atomic E-state index is 12.9. The molecule has 0 aliphatic rings. The summed E-state index contributed by atoms with van der Waals surface area (Å²) >= 11 is 0. The molecule has 0 unspecified atom stereocenters. The van der Waals surface area contributed by atoms with E-state index in [0.717, 1.165) is 5.56 Å². The highest BCUT2D eigenvalue weighted by Gasteiger charge is 2.18. The number of anilines is 1. The summed E-state index contributed by atoms with van der Waals surface area (Å²) in [4.78, 5) is 25.7. The van der Waals surface area contributed by atoms with Gasteiger partial charge in [-0.05, 0) is 47.2 Å². The van der Waals surface area contributed by atoms with Gasteiger partial charge in [-0.25, -0.2) is 4.39 Å². The van der Waals surface area contributed by atoms with E-state index in [0.29, 0.717) is 18.7 Å². The Hall–Kier alpha value is -2.69. The number of amides is 2. The lowest BCUT2D eigenvalue weighted by atomic mass is 9.87. The largest absolute Gasteiger partial charge is 0.354 e. The number of hydrogen-bond donors (Lipinski definition) is 1. The molecule has 0 atom stereocenters. The van der Waals surface area contributed by atoms with Crippen LogP contribution in [0.4, 0.5) is 10.1 Å². The SMILES string of the molecule is CC(=O)N(CC(=O)NCCc1ccc(F)cc1)c1ccc(C(C)(C)C)cc1. The van der Waals surface area contributed by atoms with Gasteiger partial charge in [-0.1, -0.05) is 45.0 Å². The molecule has 144 valence electrons. The van der Waals surface area contributed by atoms with Crippen LogP contribution in [0.25, 0.3) is 0 Å². The second kappa shape index (κ2) is 8.80. The first-order valence-electron chi connectivity index (χ1n) is 9.06. The van der Waals surface area contributed by atoms with E-state index in [2.05, 4.69) is 26.1 Å². The molecule has 5 heteroatoms. The van der Waals surface area contributed by atoms with Crippen molar-refractivity contribution < 1.29 is 14.0 Å². The zero-order valence-electron chi connectivity index (χ0n) is 16.4. The Kier molecular flexibility index (Phi) is 6.72. The van der Waals surface area contributed by atoms with E-state index in [1.54, 1.807) is 12.1 Å². The third kappa shape index (κ3) is 6.20. The van der Waals surface area contributed by atoms with Gasteiger partial charge >= 0.3 is 0 Å². The van der Waals surface area contributed by atoms with Crippen LogP contribution in [0.15, 0.2) is 48.5 Å². The second-order valence-electron chi connectivity index (χ2n) is 7.63. The summed E-state index contributed by atoms with van der Waals surface area (Å²) in [5.41, 5.74) is 2.83. The molecule has 0 aliphatic carbocycles. The van der Waals surface area contributed by atoms with Gasteiger partial charge in [-0.2, -0.15) is 0 Å². The summed E-state index contributed by atoms with van der Waals surface area (Å²) in [7, 11) is 0. The van der Waals surface area contributed by atoms with E-state index in [-0.39, 0.29) is 29.6 Å². The van der Waals surface area contributed by atoms with Gasteiger partial charge in [0.05, 0.1) is 0 Å². The number of rotatable bonds is 6. The molecule has 0 aromatic heterocycles. The molecule has 2 rings (SSSR count). The average Bonchev–Trinajstić information content (AvgIpc) is 2.60. The smallest absolute Gasteiger partial charge is 0.240 e. The number of hydrogen-bond acceptors (Lipinski definition) is 2. The van der Waals surface area contributed by atoms with E-state index in [1.807, 2.05) is 24.3 Å². The van der Waals surface area contributed by atoms with Crippen LogP contribution in [-0.2, 0) is 21.4 Å². The third-order valence-electron chi connectivity index (χ3n) is 4.38. The standard InChI is InChI=1S/C22H27FN2O2/c1-16(26)25(20-11-7-18(8-12-20)22(2,3)4)15-21(27)24-14-13-17-5-9-19(23)10-6-17/h5-12H,13-15H2,1-4H3,(H,24,27). The number of carbonyl (C=O) groups excluding carboxylic acids is 2. The first-order chi connectivity index (χ1) is 12.7. The Morgan fingerprint density at radius 1 is 1.00 bits per heavy atom. The van der Waals surface area contributed by atoms with Gasteiger partial charge in [0.15, 0.2) is 0 Å².